The molecule has 0 radical (unpaired) electrons. The van der Waals surface area contributed by atoms with Crippen molar-refractivity contribution in [3.05, 3.63) is 59.8 Å². The molecule has 3 heteroatoms. The molecule has 16 heavy (non-hydrogen) atoms. The average molecular weight is 214 g/mol. The third kappa shape index (κ3) is 1.77. The molecule has 0 fully saturated rings. The Morgan fingerprint density at radius 1 is 1.12 bits per heavy atom. The van der Waals surface area contributed by atoms with Crippen molar-refractivity contribution in [3.63, 3.8) is 0 Å². The number of nitrogens with two attached hydrogens (primary N) is 1. The third-order valence-electron chi connectivity index (χ3n) is 2.70. The van der Waals surface area contributed by atoms with Gasteiger partial charge in [-0.15, -0.1) is 0 Å². The molecule has 0 amide bonds. The molecule has 0 bridgehead atoms. The van der Waals surface area contributed by atoms with Crippen molar-refractivity contribution in [2.45, 2.75) is 12.5 Å². The maximum Gasteiger partial charge on any atom is 0.129 e. The highest BCUT2D eigenvalue weighted by Crippen LogP contribution is 2.31. The molecule has 1 unspecified atom stereocenters. The van der Waals surface area contributed by atoms with Crippen LogP contribution in [0.2, 0.25) is 0 Å². The second-order valence-electron chi connectivity index (χ2n) is 3.87. The number of rotatable bonds is 2. The van der Waals surface area contributed by atoms with Crippen LogP contribution < -0.4 is 5.73 Å². The summed E-state index contributed by atoms with van der Waals surface area (Å²) in [5.41, 5.74) is 6.09. The Labute approximate surface area is 94.6 Å². The summed E-state index contributed by atoms with van der Waals surface area (Å²) in [4.78, 5) is 3.99. The number of pyridine rings is 1. The van der Waals surface area contributed by atoms with Crippen LogP contribution in [0.15, 0.2) is 48.7 Å². The predicted molar refractivity (Wildman–Crippen MR) is 63.8 cm³/mol. The summed E-state index contributed by atoms with van der Waals surface area (Å²) >= 11 is 0. The van der Waals surface area contributed by atoms with Crippen LogP contribution in [-0.4, -0.2) is 10.1 Å². The van der Waals surface area contributed by atoms with Gasteiger partial charge in [-0.1, -0.05) is 36.4 Å². The smallest absolute Gasteiger partial charge is 0.129 e. The standard InChI is InChI=1S/C13H14N2O/c1-13(16,10-6-3-2-4-7-10)11-8-5-9-15-12(11)14/h2-9,16H,1H3,(H2,14,15). The van der Waals surface area contributed by atoms with Crippen molar-refractivity contribution in [1.82, 2.24) is 4.98 Å². The lowest BCUT2D eigenvalue weighted by atomic mass is 9.89. The number of nitrogen functional groups attached to an aromatic ring is 1. The highest BCUT2D eigenvalue weighted by Gasteiger charge is 2.27. The molecule has 0 aliphatic heterocycles. The van der Waals surface area contributed by atoms with Crippen LogP contribution >= 0.6 is 0 Å². The summed E-state index contributed by atoms with van der Waals surface area (Å²) in [6.07, 6.45) is 1.61. The molecule has 1 atom stereocenters. The van der Waals surface area contributed by atoms with Crippen LogP contribution in [0.3, 0.4) is 0 Å². The molecular formula is C13H14N2O. The summed E-state index contributed by atoms with van der Waals surface area (Å²) in [5, 5.41) is 10.5. The lowest BCUT2D eigenvalue weighted by molar-refractivity contribution is 0.103. The van der Waals surface area contributed by atoms with E-state index >= 15 is 0 Å². The Kier molecular flexibility index (Phi) is 2.62. The van der Waals surface area contributed by atoms with Crippen molar-refractivity contribution < 1.29 is 5.11 Å². The van der Waals surface area contributed by atoms with Gasteiger partial charge in [-0.25, -0.2) is 4.98 Å². The van der Waals surface area contributed by atoms with Gasteiger partial charge in [-0.2, -0.15) is 0 Å². The Bertz CT molecular complexity index is 480. The number of nitrogens with zero attached hydrogens (tertiary/aromatic N) is 1. The van der Waals surface area contributed by atoms with Gasteiger partial charge in [0.2, 0.25) is 0 Å². The maximum atomic E-state index is 10.5. The van der Waals surface area contributed by atoms with Gasteiger partial charge >= 0.3 is 0 Å². The Morgan fingerprint density at radius 2 is 1.81 bits per heavy atom. The fraction of sp³-hybridized carbons (Fsp3) is 0.154. The van der Waals surface area contributed by atoms with Crippen molar-refractivity contribution in [3.8, 4) is 0 Å². The van der Waals surface area contributed by atoms with Crippen LogP contribution in [0, 0.1) is 0 Å². The van der Waals surface area contributed by atoms with E-state index in [0.29, 0.717) is 11.4 Å². The van der Waals surface area contributed by atoms with Crippen LogP contribution in [0.4, 0.5) is 5.82 Å². The van der Waals surface area contributed by atoms with Gasteiger partial charge in [-0.05, 0) is 18.6 Å². The molecule has 3 N–H and O–H groups in total. The van der Waals surface area contributed by atoms with Crippen LogP contribution in [0.5, 0.6) is 0 Å². The first kappa shape index (κ1) is 10.6. The van der Waals surface area contributed by atoms with E-state index in [1.54, 1.807) is 25.3 Å². The molecule has 0 aliphatic rings. The quantitative estimate of drug-likeness (QED) is 0.803. The molecule has 1 heterocycles. The SMILES string of the molecule is CC(O)(c1ccccc1)c1cccnc1N. The van der Waals surface area contributed by atoms with Crippen molar-refractivity contribution in [2.24, 2.45) is 0 Å². The lowest BCUT2D eigenvalue weighted by Gasteiger charge is -2.25. The zero-order valence-corrected chi connectivity index (χ0v) is 9.09. The van der Waals surface area contributed by atoms with Gasteiger partial charge in [-0.3, -0.25) is 0 Å². The number of anilines is 1. The van der Waals surface area contributed by atoms with E-state index in [9.17, 15) is 5.11 Å². The molecular weight excluding hydrogens is 200 g/mol. The monoisotopic (exact) mass is 214 g/mol. The van der Waals surface area contributed by atoms with Gasteiger partial charge in [0.1, 0.15) is 11.4 Å². The lowest BCUT2D eigenvalue weighted by Crippen LogP contribution is -2.24. The highest BCUT2D eigenvalue weighted by molar-refractivity contribution is 5.47. The van der Waals surface area contributed by atoms with Crippen molar-refractivity contribution >= 4 is 5.82 Å². The molecule has 1 aromatic heterocycles. The van der Waals surface area contributed by atoms with Gasteiger partial charge < -0.3 is 10.8 Å². The zero-order valence-electron chi connectivity index (χ0n) is 9.09. The molecule has 3 nitrogen and oxygen atoms in total. The molecule has 1 aromatic carbocycles. The normalized spacial score (nSPS) is 14.4. The second-order valence-corrected chi connectivity index (χ2v) is 3.87. The Morgan fingerprint density at radius 3 is 2.44 bits per heavy atom. The fourth-order valence-electron chi connectivity index (χ4n) is 1.75. The molecule has 82 valence electrons. The van der Waals surface area contributed by atoms with E-state index < -0.39 is 5.60 Å². The van der Waals surface area contributed by atoms with Crippen LogP contribution in [0.1, 0.15) is 18.1 Å². The van der Waals surface area contributed by atoms with E-state index in [-0.39, 0.29) is 0 Å². The summed E-state index contributed by atoms with van der Waals surface area (Å²) in [6.45, 7) is 1.72. The van der Waals surface area contributed by atoms with E-state index in [2.05, 4.69) is 4.98 Å². The molecule has 2 rings (SSSR count). The summed E-state index contributed by atoms with van der Waals surface area (Å²) < 4.78 is 0. The summed E-state index contributed by atoms with van der Waals surface area (Å²) in [6, 6.07) is 13.0. The number of aromatic nitrogens is 1. The fourth-order valence-corrected chi connectivity index (χ4v) is 1.75. The number of hydrogen-bond donors (Lipinski definition) is 2. The molecule has 0 spiro atoms. The molecule has 2 aromatic rings. The van der Waals surface area contributed by atoms with Crippen molar-refractivity contribution in [2.75, 3.05) is 5.73 Å². The number of aliphatic hydroxyl groups is 1. The summed E-state index contributed by atoms with van der Waals surface area (Å²) in [7, 11) is 0. The first-order chi connectivity index (χ1) is 7.62. The first-order valence-corrected chi connectivity index (χ1v) is 5.11. The van der Waals surface area contributed by atoms with Crippen molar-refractivity contribution in [1.29, 1.82) is 0 Å². The van der Waals surface area contributed by atoms with E-state index in [4.69, 9.17) is 5.73 Å². The van der Waals surface area contributed by atoms with Crippen LogP contribution in [0.25, 0.3) is 0 Å². The minimum atomic E-state index is -1.11. The maximum absolute atomic E-state index is 10.5. The van der Waals surface area contributed by atoms with E-state index in [0.717, 1.165) is 5.56 Å². The highest BCUT2D eigenvalue weighted by atomic mass is 16.3. The largest absolute Gasteiger partial charge is 0.383 e. The minimum absolute atomic E-state index is 0.358. The summed E-state index contributed by atoms with van der Waals surface area (Å²) in [5.74, 6) is 0.358. The minimum Gasteiger partial charge on any atom is -0.383 e. The Balaban J connectivity index is 2.51. The average Bonchev–Trinajstić information content (AvgIpc) is 2.30. The van der Waals surface area contributed by atoms with E-state index in [1.165, 1.54) is 0 Å². The topological polar surface area (TPSA) is 59.1 Å². The molecule has 0 saturated carbocycles. The molecule has 0 aliphatic carbocycles. The van der Waals surface area contributed by atoms with Gasteiger partial charge in [0, 0.05) is 11.8 Å². The number of benzene rings is 1. The third-order valence-corrected chi connectivity index (χ3v) is 2.70. The van der Waals surface area contributed by atoms with Gasteiger partial charge in [0.25, 0.3) is 0 Å². The van der Waals surface area contributed by atoms with E-state index in [1.807, 2.05) is 30.3 Å². The first-order valence-electron chi connectivity index (χ1n) is 5.11. The van der Waals surface area contributed by atoms with Crippen LogP contribution in [-0.2, 0) is 5.60 Å². The Hall–Kier alpha value is -1.87. The molecule has 0 saturated heterocycles. The van der Waals surface area contributed by atoms with Gasteiger partial charge in [0.15, 0.2) is 0 Å². The number of hydrogen-bond acceptors (Lipinski definition) is 3. The van der Waals surface area contributed by atoms with Gasteiger partial charge in [0.05, 0.1) is 0 Å². The zero-order chi connectivity index (χ0) is 11.6. The second kappa shape index (κ2) is 3.94. The predicted octanol–water partition coefficient (Wildman–Crippen LogP) is 1.92.